The summed E-state index contributed by atoms with van der Waals surface area (Å²) in [5.74, 6) is 1.13. The number of ether oxygens (including phenoxy) is 1. The van der Waals surface area contributed by atoms with Gasteiger partial charge in [-0.05, 0) is 25.5 Å². The molecule has 3 atom stereocenters. The number of nitrogens with zero attached hydrogens (tertiary/aromatic N) is 1. The largest absolute Gasteiger partial charge is 0.441 e. The second-order valence-corrected chi connectivity index (χ2v) is 4.97. The fraction of sp³-hybridized carbons (Fsp3) is 0.500. The number of hydrogen-bond acceptors (Lipinski definition) is 4. The predicted octanol–water partition coefficient (Wildman–Crippen LogP) is 2.12. The Kier molecular flexibility index (Phi) is 3.06. The first-order valence-electron chi connectivity index (χ1n) is 6.45. The minimum atomic E-state index is 0.0514. The highest BCUT2D eigenvalue weighted by Gasteiger charge is 2.30. The van der Waals surface area contributed by atoms with Crippen LogP contribution in [0.25, 0.3) is 11.1 Å². The molecule has 0 aliphatic carbocycles. The van der Waals surface area contributed by atoms with Crippen molar-refractivity contribution in [2.45, 2.75) is 31.9 Å². The van der Waals surface area contributed by atoms with Crippen LogP contribution in [0.4, 0.5) is 0 Å². The molecule has 2 N–H and O–H groups in total. The monoisotopic (exact) mass is 246 g/mol. The van der Waals surface area contributed by atoms with E-state index in [1.54, 1.807) is 0 Å². The van der Waals surface area contributed by atoms with E-state index in [4.69, 9.17) is 14.9 Å². The maximum Gasteiger partial charge on any atom is 0.197 e. The molecule has 1 saturated heterocycles. The molecule has 3 unspecified atom stereocenters. The Morgan fingerprint density at radius 2 is 2.28 bits per heavy atom. The van der Waals surface area contributed by atoms with Crippen molar-refractivity contribution in [1.29, 1.82) is 0 Å². The van der Waals surface area contributed by atoms with E-state index >= 15 is 0 Å². The molecular weight excluding hydrogens is 228 g/mol. The molecule has 1 fully saturated rings. The second-order valence-electron chi connectivity index (χ2n) is 4.97. The molecule has 0 saturated carbocycles. The van der Waals surface area contributed by atoms with E-state index in [-0.39, 0.29) is 12.1 Å². The number of nitrogens with two attached hydrogens (primary N) is 1. The van der Waals surface area contributed by atoms with Crippen molar-refractivity contribution >= 4 is 11.1 Å². The molecule has 0 amide bonds. The van der Waals surface area contributed by atoms with Gasteiger partial charge in [0, 0.05) is 25.0 Å². The molecule has 1 aliphatic rings. The van der Waals surface area contributed by atoms with Gasteiger partial charge in [0.15, 0.2) is 11.5 Å². The average molecular weight is 246 g/mol. The van der Waals surface area contributed by atoms with E-state index < -0.39 is 0 Å². The molecule has 4 heteroatoms. The molecule has 0 spiro atoms. The minimum Gasteiger partial charge on any atom is -0.441 e. The van der Waals surface area contributed by atoms with Crippen LogP contribution < -0.4 is 5.73 Å². The van der Waals surface area contributed by atoms with Crippen LogP contribution in [0.3, 0.4) is 0 Å². The predicted molar refractivity (Wildman–Crippen MR) is 69.2 cm³/mol. The number of oxazole rings is 1. The smallest absolute Gasteiger partial charge is 0.197 e. The maximum absolute atomic E-state index is 6.24. The summed E-state index contributed by atoms with van der Waals surface area (Å²) >= 11 is 0. The Morgan fingerprint density at radius 1 is 1.44 bits per heavy atom. The van der Waals surface area contributed by atoms with Crippen LogP contribution >= 0.6 is 0 Å². The van der Waals surface area contributed by atoms with Gasteiger partial charge in [0.1, 0.15) is 5.52 Å². The van der Waals surface area contributed by atoms with Crippen molar-refractivity contribution in [3.63, 3.8) is 0 Å². The molecular formula is C14H18N2O2. The van der Waals surface area contributed by atoms with E-state index in [0.717, 1.165) is 30.0 Å². The van der Waals surface area contributed by atoms with Crippen LogP contribution in [-0.2, 0) is 11.2 Å². The zero-order chi connectivity index (χ0) is 12.5. The molecule has 2 heterocycles. The summed E-state index contributed by atoms with van der Waals surface area (Å²) in [6, 6.07) is 7.84. The standard InChI is InChI=1S/C14H18N2O2/c1-9-10(6-7-17-9)11(15)8-14-16-12-4-2-3-5-13(12)18-14/h2-5,9-11H,6-8,15H2,1H3. The lowest BCUT2D eigenvalue weighted by Gasteiger charge is -2.20. The summed E-state index contributed by atoms with van der Waals surface area (Å²) in [6.07, 6.45) is 1.94. The summed E-state index contributed by atoms with van der Waals surface area (Å²) in [6.45, 7) is 2.90. The quantitative estimate of drug-likeness (QED) is 0.901. The zero-order valence-corrected chi connectivity index (χ0v) is 10.5. The number of aromatic nitrogens is 1. The fourth-order valence-corrected chi connectivity index (χ4v) is 2.67. The highest BCUT2D eigenvalue weighted by Crippen LogP contribution is 2.25. The molecule has 4 nitrogen and oxygen atoms in total. The lowest BCUT2D eigenvalue weighted by molar-refractivity contribution is 0.0989. The van der Waals surface area contributed by atoms with Crippen molar-refractivity contribution in [1.82, 2.24) is 4.98 Å². The minimum absolute atomic E-state index is 0.0514. The van der Waals surface area contributed by atoms with Gasteiger partial charge in [-0.1, -0.05) is 12.1 Å². The first-order valence-corrected chi connectivity index (χ1v) is 6.45. The van der Waals surface area contributed by atoms with Crippen LogP contribution in [0.15, 0.2) is 28.7 Å². The van der Waals surface area contributed by atoms with Gasteiger partial charge in [0.05, 0.1) is 6.10 Å². The Morgan fingerprint density at radius 3 is 3.00 bits per heavy atom. The van der Waals surface area contributed by atoms with E-state index in [1.807, 2.05) is 24.3 Å². The molecule has 2 aromatic rings. The zero-order valence-electron chi connectivity index (χ0n) is 10.5. The maximum atomic E-state index is 6.24. The third-order valence-corrected chi connectivity index (χ3v) is 3.73. The molecule has 1 aromatic heterocycles. The van der Waals surface area contributed by atoms with E-state index in [1.165, 1.54) is 0 Å². The molecule has 1 aliphatic heterocycles. The number of fused-ring (bicyclic) bond motifs is 1. The second kappa shape index (κ2) is 4.71. The van der Waals surface area contributed by atoms with Crippen LogP contribution in [0.5, 0.6) is 0 Å². The SMILES string of the molecule is CC1OCCC1C(N)Cc1nc2ccccc2o1. The average Bonchev–Trinajstić information content (AvgIpc) is 2.94. The summed E-state index contributed by atoms with van der Waals surface area (Å²) in [5.41, 5.74) is 7.97. The van der Waals surface area contributed by atoms with Crippen LogP contribution in [0.1, 0.15) is 19.2 Å². The fourth-order valence-electron chi connectivity index (χ4n) is 2.67. The van der Waals surface area contributed by atoms with Gasteiger partial charge in [-0.3, -0.25) is 0 Å². The number of benzene rings is 1. The Bertz CT molecular complexity index is 504. The van der Waals surface area contributed by atoms with Crippen molar-refractivity contribution in [3.05, 3.63) is 30.2 Å². The van der Waals surface area contributed by atoms with Crippen molar-refractivity contribution in [3.8, 4) is 0 Å². The lowest BCUT2D eigenvalue weighted by atomic mass is 9.92. The highest BCUT2D eigenvalue weighted by molar-refractivity contribution is 5.72. The number of para-hydroxylation sites is 2. The molecule has 3 rings (SSSR count). The number of hydrogen-bond donors (Lipinski definition) is 1. The van der Waals surface area contributed by atoms with Gasteiger partial charge in [-0.2, -0.15) is 0 Å². The van der Waals surface area contributed by atoms with Crippen LogP contribution in [0.2, 0.25) is 0 Å². The summed E-state index contributed by atoms with van der Waals surface area (Å²) < 4.78 is 11.3. The summed E-state index contributed by atoms with van der Waals surface area (Å²) in [4.78, 5) is 4.46. The van der Waals surface area contributed by atoms with E-state index in [0.29, 0.717) is 12.3 Å². The van der Waals surface area contributed by atoms with Crippen molar-refractivity contribution in [2.75, 3.05) is 6.61 Å². The third kappa shape index (κ3) is 2.13. The lowest BCUT2D eigenvalue weighted by Crippen LogP contribution is -2.36. The first-order chi connectivity index (χ1) is 8.74. The Hall–Kier alpha value is -1.39. The Balaban J connectivity index is 1.75. The molecule has 0 radical (unpaired) electrons. The summed E-state index contributed by atoms with van der Waals surface area (Å²) in [7, 11) is 0. The normalized spacial score (nSPS) is 25.7. The number of rotatable bonds is 3. The molecule has 18 heavy (non-hydrogen) atoms. The van der Waals surface area contributed by atoms with Gasteiger partial charge in [0.25, 0.3) is 0 Å². The van der Waals surface area contributed by atoms with E-state index in [2.05, 4.69) is 11.9 Å². The molecule has 1 aromatic carbocycles. The Labute approximate surface area is 106 Å². The highest BCUT2D eigenvalue weighted by atomic mass is 16.5. The van der Waals surface area contributed by atoms with Crippen LogP contribution in [0, 0.1) is 5.92 Å². The van der Waals surface area contributed by atoms with Crippen LogP contribution in [-0.4, -0.2) is 23.7 Å². The van der Waals surface area contributed by atoms with E-state index in [9.17, 15) is 0 Å². The van der Waals surface area contributed by atoms with Crippen molar-refractivity contribution < 1.29 is 9.15 Å². The topological polar surface area (TPSA) is 61.3 Å². The van der Waals surface area contributed by atoms with Crippen molar-refractivity contribution in [2.24, 2.45) is 11.7 Å². The van der Waals surface area contributed by atoms with Gasteiger partial charge in [-0.15, -0.1) is 0 Å². The first kappa shape index (κ1) is 11.7. The van der Waals surface area contributed by atoms with Gasteiger partial charge < -0.3 is 14.9 Å². The van der Waals surface area contributed by atoms with Gasteiger partial charge >= 0.3 is 0 Å². The third-order valence-electron chi connectivity index (χ3n) is 3.73. The summed E-state index contributed by atoms with van der Waals surface area (Å²) in [5, 5.41) is 0. The molecule has 0 bridgehead atoms. The molecule has 96 valence electrons. The van der Waals surface area contributed by atoms with Gasteiger partial charge in [-0.25, -0.2) is 4.98 Å². The van der Waals surface area contributed by atoms with Gasteiger partial charge in [0.2, 0.25) is 0 Å².